The maximum atomic E-state index is 10.9. The molecule has 0 saturated heterocycles. The van der Waals surface area contributed by atoms with Crippen molar-refractivity contribution in [2.45, 2.75) is 19.8 Å². The van der Waals surface area contributed by atoms with Gasteiger partial charge in [0.25, 0.3) is 0 Å². The number of hydrogen-bond donors (Lipinski definition) is 1. The minimum Gasteiger partial charge on any atom is -0.496 e. The van der Waals surface area contributed by atoms with Gasteiger partial charge in [-0.15, -0.1) is 0 Å². The average Bonchev–Trinajstić information content (AvgIpc) is 2.85. The first-order valence-corrected chi connectivity index (χ1v) is 6.76. The molecule has 100 valence electrons. The number of ketones is 1. The first-order chi connectivity index (χ1) is 9.10. The normalized spacial score (nSPS) is 10.5. The van der Waals surface area contributed by atoms with E-state index in [1.165, 1.54) is 0 Å². The van der Waals surface area contributed by atoms with Gasteiger partial charge in [0.05, 0.1) is 23.5 Å². The van der Waals surface area contributed by atoms with Crippen molar-refractivity contribution >= 4 is 21.7 Å². The lowest BCUT2D eigenvalue weighted by molar-refractivity contribution is -0.117. The Morgan fingerprint density at radius 3 is 2.89 bits per heavy atom. The third kappa shape index (κ3) is 3.44. The lowest BCUT2D eigenvalue weighted by atomic mass is 10.1. The number of H-pyrrole nitrogens is 1. The van der Waals surface area contributed by atoms with E-state index >= 15 is 0 Å². The fourth-order valence-electron chi connectivity index (χ4n) is 1.76. The summed E-state index contributed by atoms with van der Waals surface area (Å²) in [6.07, 6.45) is 2.94. The molecule has 0 amide bonds. The summed E-state index contributed by atoms with van der Waals surface area (Å²) in [4.78, 5) is 18.5. The zero-order valence-corrected chi connectivity index (χ0v) is 12.5. The molecule has 2 aromatic rings. The van der Waals surface area contributed by atoms with Crippen LogP contribution < -0.4 is 4.74 Å². The Morgan fingerprint density at radius 2 is 2.26 bits per heavy atom. The third-order valence-corrected chi connectivity index (χ3v) is 3.42. The zero-order valence-electron chi connectivity index (χ0n) is 10.9. The molecular weight excluding hydrogens is 308 g/mol. The predicted molar refractivity (Wildman–Crippen MR) is 77.3 cm³/mol. The largest absolute Gasteiger partial charge is 0.496 e. The van der Waals surface area contributed by atoms with Crippen molar-refractivity contribution in [2.75, 3.05) is 7.11 Å². The van der Waals surface area contributed by atoms with Gasteiger partial charge in [-0.2, -0.15) is 0 Å². The molecule has 0 radical (unpaired) electrons. The van der Waals surface area contributed by atoms with Crippen LogP contribution in [0.1, 0.15) is 19.2 Å². The van der Waals surface area contributed by atoms with Gasteiger partial charge in [0.15, 0.2) is 0 Å². The third-order valence-electron chi connectivity index (χ3n) is 2.81. The lowest BCUT2D eigenvalue weighted by Gasteiger charge is -2.04. The van der Waals surface area contributed by atoms with Crippen molar-refractivity contribution in [1.29, 1.82) is 0 Å². The molecule has 0 fully saturated rings. The van der Waals surface area contributed by atoms with E-state index in [1.54, 1.807) is 20.2 Å². The topological polar surface area (TPSA) is 55.0 Å². The number of halogens is 1. The summed E-state index contributed by atoms with van der Waals surface area (Å²) in [6, 6.07) is 5.84. The van der Waals surface area contributed by atoms with Gasteiger partial charge in [0.2, 0.25) is 0 Å². The molecule has 19 heavy (non-hydrogen) atoms. The summed E-state index contributed by atoms with van der Waals surface area (Å²) >= 11 is 3.46. The Bertz CT molecular complexity index is 593. The van der Waals surface area contributed by atoms with Gasteiger partial charge in [0.1, 0.15) is 17.4 Å². The Hall–Kier alpha value is -1.62. The van der Waals surface area contributed by atoms with E-state index in [1.807, 2.05) is 18.2 Å². The minimum absolute atomic E-state index is 0.171. The van der Waals surface area contributed by atoms with Gasteiger partial charge in [-0.1, -0.05) is 0 Å². The number of ether oxygens (including phenoxy) is 1. The van der Waals surface area contributed by atoms with E-state index in [2.05, 4.69) is 25.9 Å². The molecule has 0 aliphatic rings. The first-order valence-electron chi connectivity index (χ1n) is 5.97. The molecule has 1 N–H and O–H groups in total. The number of aromatic amines is 1. The van der Waals surface area contributed by atoms with Crippen LogP contribution in [0, 0.1) is 0 Å². The second kappa shape index (κ2) is 6.02. The van der Waals surface area contributed by atoms with E-state index in [-0.39, 0.29) is 5.78 Å². The van der Waals surface area contributed by atoms with Crippen LogP contribution in [0.3, 0.4) is 0 Å². The number of aromatic nitrogens is 2. The fourth-order valence-corrected chi connectivity index (χ4v) is 2.31. The molecule has 5 heteroatoms. The van der Waals surface area contributed by atoms with Crippen LogP contribution in [0.25, 0.3) is 11.3 Å². The van der Waals surface area contributed by atoms with Crippen LogP contribution >= 0.6 is 15.9 Å². The number of Topliss-reactive ketones (excluding diaryl/α,β-unsaturated/α-hetero) is 1. The number of carbonyl (C=O) groups is 1. The maximum absolute atomic E-state index is 10.9. The minimum atomic E-state index is 0.171. The van der Waals surface area contributed by atoms with Crippen LogP contribution in [0.2, 0.25) is 0 Å². The standard InChI is InChI=1S/C14H15BrN2O2/c1-9(18)3-6-14-16-8-12(17-14)10-4-5-13(19-2)11(15)7-10/h4-5,7-8H,3,6H2,1-2H3,(H,16,17). The molecule has 1 aromatic heterocycles. The van der Waals surface area contributed by atoms with Crippen LogP contribution in [0.5, 0.6) is 5.75 Å². The molecule has 1 heterocycles. The average molecular weight is 323 g/mol. The molecule has 2 rings (SSSR count). The zero-order chi connectivity index (χ0) is 13.8. The summed E-state index contributed by atoms with van der Waals surface area (Å²) in [5.74, 6) is 1.79. The number of carbonyl (C=O) groups excluding carboxylic acids is 1. The van der Waals surface area contributed by atoms with Crippen LogP contribution in [-0.2, 0) is 11.2 Å². The van der Waals surface area contributed by atoms with Gasteiger partial charge >= 0.3 is 0 Å². The summed E-state index contributed by atoms with van der Waals surface area (Å²) in [5, 5.41) is 0. The van der Waals surface area contributed by atoms with Crippen LogP contribution in [0.4, 0.5) is 0 Å². The van der Waals surface area contributed by atoms with Gasteiger partial charge in [-0.3, -0.25) is 0 Å². The highest BCUT2D eigenvalue weighted by Gasteiger charge is 2.07. The number of rotatable bonds is 5. The Morgan fingerprint density at radius 1 is 1.47 bits per heavy atom. The molecule has 0 spiro atoms. The van der Waals surface area contributed by atoms with Crippen LogP contribution in [-0.4, -0.2) is 22.9 Å². The smallest absolute Gasteiger partial charge is 0.133 e. The van der Waals surface area contributed by atoms with Crippen molar-refractivity contribution in [3.05, 3.63) is 34.7 Å². The second-order valence-electron chi connectivity index (χ2n) is 4.29. The highest BCUT2D eigenvalue weighted by atomic mass is 79.9. The van der Waals surface area contributed by atoms with Crippen molar-refractivity contribution in [1.82, 2.24) is 9.97 Å². The van der Waals surface area contributed by atoms with Crippen LogP contribution in [0.15, 0.2) is 28.9 Å². The number of methoxy groups -OCH3 is 1. The molecule has 0 bridgehead atoms. The number of imidazole rings is 1. The van der Waals surface area contributed by atoms with E-state index in [9.17, 15) is 4.79 Å². The predicted octanol–water partition coefficient (Wildman–Crippen LogP) is 3.37. The van der Waals surface area contributed by atoms with Crippen molar-refractivity contribution in [2.24, 2.45) is 0 Å². The van der Waals surface area contributed by atoms with Gasteiger partial charge in [0, 0.05) is 18.4 Å². The number of benzene rings is 1. The quantitative estimate of drug-likeness (QED) is 0.918. The molecule has 0 saturated carbocycles. The molecule has 0 aliphatic heterocycles. The monoisotopic (exact) mass is 322 g/mol. The molecule has 0 unspecified atom stereocenters. The fraction of sp³-hybridized carbons (Fsp3) is 0.286. The highest BCUT2D eigenvalue weighted by molar-refractivity contribution is 9.10. The van der Waals surface area contributed by atoms with Gasteiger partial charge in [-0.25, -0.2) is 4.98 Å². The van der Waals surface area contributed by atoms with Gasteiger partial charge in [-0.05, 0) is 41.1 Å². The number of nitrogens with zero attached hydrogens (tertiary/aromatic N) is 1. The molecule has 0 aliphatic carbocycles. The second-order valence-corrected chi connectivity index (χ2v) is 5.15. The van der Waals surface area contributed by atoms with E-state index in [0.717, 1.165) is 27.3 Å². The van der Waals surface area contributed by atoms with Crippen molar-refractivity contribution in [3.8, 4) is 17.0 Å². The van der Waals surface area contributed by atoms with Crippen molar-refractivity contribution < 1.29 is 9.53 Å². The Balaban J connectivity index is 2.18. The van der Waals surface area contributed by atoms with Crippen molar-refractivity contribution in [3.63, 3.8) is 0 Å². The Kier molecular flexibility index (Phi) is 4.37. The molecule has 1 aromatic carbocycles. The summed E-state index contributed by atoms with van der Waals surface area (Å²) in [7, 11) is 1.63. The van der Waals surface area contributed by atoms with E-state index < -0.39 is 0 Å². The van der Waals surface area contributed by atoms with Gasteiger partial charge < -0.3 is 14.5 Å². The van der Waals surface area contributed by atoms with E-state index in [4.69, 9.17) is 4.74 Å². The SMILES string of the molecule is COc1ccc(-c2cnc(CCC(C)=O)[nH]2)cc1Br. The maximum Gasteiger partial charge on any atom is 0.133 e. The molecular formula is C14H15BrN2O2. The first kappa shape index (κ1) is 13.8. The molecule has 0 atom stereocenters. The lowest BCUT2D eigenvalue weighted by Crippen LogP contribution is -1.95. The Labute approximate surface area is 120 Å². The highest BCUT2D eigenvalue weighted by Crippen LogP contribution is 2.29. The molecule has 4 nitrogen and oxygen atoms in total. The van der Waals surface area contributed by atoms with E-state index in [0.29, 0.717) is 12.8 Å². The summed E-state index contributed by atoms with van der Waals surface area (Å²) in [6.45, 7) is 1.59. The summed E-state index contributed by atoms with van der Waals surface area (Å²) < 4.78 is 6.09. The summed E-state index contributed by atoms with van der Waals surface area (Å²) in [5.41, 5.74) is 1.95. The number of nitrogens with one attached hydrogen (secondary N) is 1. The number of hydrogen-bond acceptors (Lipinski definition) is 3. The number of aryl methyl sites for hydroxylation is 1.